The normalized spacial score (nSPS) is 27.0. The van der Waals surface area contributed by atoms with E-state index in [0.29, 0.717) is 6.07 Å². The van der Waals surface area contributed by atoms with Crippen LogP contribution in [0.2, 0.25) is 5.02 Å². The molecule has 13 heteroatoms. The molecule has 0 unspecified atom stereocenters. The van der Waals surface area contributed by atoms with Crippen molar-refractivity contribution in [3.63, 3.8) is 0 Å². The molecule has 0 aliphatic carbocycles. The molecule has 1 aromatic heterocycles. The van der Waals surface area contributed by atoms with E-state index in [1.54, 1.807) is 13.8 Å². The summed E-state index contributed by atoms with van der Waals surface area (Å²) in [6.45, 7) is 3.28. The van der Waals surface area contributed by atoms with Crippen LogP contribution in [-0.2, 0) is 21.9 Å². The zero-order valence-corrected chi connectivity index (χ0v) is 18.5. The number of hydrogen-bond donors (Lipinski definition) is 2. The second-order valence-electron chi connectivity index (χ2n) is 8.68. The minimum Gasteiger partial charge on any atom is -0.390 e. The summed E-state index contributed by atoms with van der Waals surface area (Å²) in [4.78, 5) is 13.1. The molecule has 34 heavy (non-hydrogen) atoms. The van der Waals surface area contributed by atoms with Crippen molar-refractivity contribution in [1.29, 1.82) is 0 Å². The first kappa shape index (κ1) is 24.8. The predicted molar refractivity (Wildman–Crippen MR) is 108 cm³/mol. The number of amides is 1. The van der Waals surface area contributed by atoms with Crippen LogP contribution in [0, 0.1) is 5.92 Å². The number of halogens is 7. The molecule has 2 aromatic rings. The Hall–Kier alpha value is -2.31. The standard InChI is InChI=1S/C21H20ClF6N3O3/c1-8(2)31-7-10(18(30-31)21(26,27)28)15-16(14-6-13(32)17(15)34-14)19(33)29-9-3-4-11(12(22)5-9)20(23,24)25/h3-5,7-8,13-17,32H,6H2,1-2H3,(H,29,33)/t13-,14+,15+,16-,17-/m0/s1. The van der Waals surface area contributed by atoms with Crippen molar-refractivity contribution >= 4 is 23.2 Å². The zero-order chi connectivity index (χ0) is 25.2. The number of alkyl halides is 6. The summed E-state index contributed by atoms with van der Waals surface area (Å²) in [5.41, 5.74) is -2.60. The molecule has 2 aliphatic rings. The molecule has 0 spiro atoms. The fourth-order valence-corrected chi connectivity index (χ4v) is 4.88. The number of carbonyl (C=O) groups is 1. The molecule has 2 aliphatic heterocycles. The van der Waals surface area contributed by atoms with Gasteiger partial charge in [-0.2, -0.15) is 31.4 Å². The SMILES string of the molecule is CC(C)n1cc([C@H]2[C@H]3O[C@H](C[C@@H]3O)[C@@H]2C(=O)Nc2ccc(C(F)(F)F)c(Cl)c2)c(C(F)(F)F)n1. The Bertz CT molecular complexity index is 1100. The van der Waals surface area contributed by atoms with Gasteiger partial charge in [-0.15, -0.1) is 0 Å². The van der Waals surface area contributed by atoms with E-state index in [2.05, 4.69) is 10.4 Å². The van der Waals surface area contributed by atoms with Gasteiger partial charge in [-0.25, -0.2) is 0 Å². The van der Waals surface area contributed by atoms with Crippen molar-refractivity contribution in [1.82, 2.24) is 9.78 Å². The number of anilines is 1. The summed E-state index contributed by atoms with van der Waals surface area (Å²) in [5.74, 6) is -3.06. The van der Waals surface area contributed by atoms with Gasteiger partial charge >= 0.3 is 12.4 Å². The first-order valence-corrected chi connectivity index (χ1v) is 10.7. The van der Waals surface area contributed by atoms with E-state index in [4.69, 9.17) is 16.3 Å². The Kier molecular flexibility index (Phi) is 6.14. The van der Waals surface area contributed by atoms with E-state index in [-0.39, 0.29) is 17.7 Å². The second-order valence-corrected chi connectivity index (χ2v) is 9.09. The van der Waals surface area contributed by atoms with Crippen LogP contribution in [0.3, 0.4) is 0 Å². The minimum absolute atomic E-state index is 0.0344. The summed E-state index contributed by atoms with van der Waals surface area (Å²) >= 11 is 5.70. The van der Waals surface area contributed by atoms with Crippen LogP contribution in [0.25, 0.3) is 0 Å². The van der Waals surface area contributed by atoms with Crippen molar-refractivity contribution in [3.05, 3.63) is 46.2 Å². The number of aromatic nitrogens is 2. The quantitative estimate of drug-likeness (QED) is 0.565. The molecule has 0 radical (unpaired) electrons. The van der Waals surface area contributed by atoms with Gasteiger partial charge in [0.1, 0.15) is 0 Å². The molecule has 2 fully saturated rings. The number of hydrogen-bond acceptors (Lipinski definition) is 4. The number of fused-ring (bicyclic) bond motifs is 2. The first-order valence-electron chi connectivity index (χ1n) is 10.4. The molecule has 1 amide bonds. The summed E-state index contributed by atoms with van der Waals surface area (Å²) in [6, 6.07) is 2.21. The maximum absolute atomic E-state index is 13.8. The van der Waals surface area contributed by atoms with Crippen molar-refractivity contribution in [2.24, 2.45) is 5.92 Å². The van der Waals surface area contributed by atoms with Crippen LogP contribution in [-0.4, -0.2) is 39.1 Å². The Balaban J connectivity index is 1.68. The highest BCUT2D eigenvalue weighted by molar-refractivity contribution is 6.31. The molecular weight excluding hydrogens is 492 g/mol. The average molecular weight is 512 g/mol. The Labute approximate surface area is 194 Å². The number of benzene rings is 1. The van der Waals surface area contributed by atoms with Crippen LogP contribution in [0.4, 0.5) is 32.0 Å². The van der Waals surface area contributed by atoms with Gasteiger partial charge in [-0.05, 0) is 32.0 Å². The minimum atomic E-state index is -4.82. The van der Waals surface area contributed by atoms with Crippen molar-refractivity contribution in [3.8, 4) is 0 Å². The highest BCUT2D eigenvalue weighted by Crippen LogP contribution is 2.51. The van der Waals surface area contributed by atoms with Crippen molar-refractivity contribution < 1.29 is 41.0 Å². The average Bonchev–Trinajstić information content (AvgIpc) is 3.38. The van der Waals surface area contributed by atoms with Crippen LogP contribution < -0.4 is 5.32 Å². The second kappa shape index (κ2) is 8.42. The monoisotopic (exact) mass is 511 g/mol. The lowest BCUT2D eigenvalue weighted by Crippen LogP contribution is -2.41. The lowest BCUT2D eigenvalue weighted by Gasteiger charge is -2.30. The van der Waals surface area contributed by atoms with Crippen LogP contribution in [0.5, 0.6) is 0 Å². The van der Waals surface area contributed by atoms with E-state index in [1.165, 1.54) is 6.20 Å². The third kappa shape index (κ3) is 4.38. The number of aliphatic hydroxyl groups is 1. The highest BCUT2D eigenvalue weighted by Gasteiger charge is 2.59. The number of rotatable bonds is 4. The van der Waals surface area contributed by atoms with Gasteiger partial charge < -0.3 is 15.2 Å². The molecule has 186 valence electrons. The third-order valence-electron chi connectivity index (χ3n) is 6.09. The molecule has 2 bridgehead atoms. The van der Waals surface area contributed by atoms with Crippen molar-refractivity contribution in [2.75, 3.05) is 5.32 Å². The molecular formula is C21H20ClF6N3O3. The van der Waals surface area contributed by atoms with Gasteiger partial charge in [-0.1, -0.05) is 11.6 Å². The molecule has 0 saturated carbocycles. The van der Waals surface area contributed by atoms with Gasteiger partial charge in [0, 0.05) is 35.8 Å². The number of aliphatic hydroxyl groups excluding tert-OH is 1. The smallest absolute Gasteiger partial charge is 0.390 e. The number of ether oxygens (including phenoxy) is 1. The van der Waals surface area contributed by atoms with Crippen LogP contribution in [0.1, 0.15) is 49.0 Å². The molecule has 2 N–H and O–H groups in total. The lowest BCUT2D eigenvalue weighted by atomic mass is 9.73. The zero-order valence-electron chi connectivity index (χ0n) is 17.8. The van der Waals surface area contributed by atoms with Crippen molar-refractivity contribution in [2.45, 2.75) is 62.9 Å². The fourth-order valence-electron chi connectivity index (χ4n) is 4.60. The molecule has 2 saturated heterocycles. The Morgan fingerprint density at radius 2 is 1.91 bits per heavy atom. The van der Waals surface area contributed by atoms with Gasteiger partial charge in [0.15, 0.2) is 5.69 Å². The molecule has 5 atom stereocenters. The Morgan fingerprint density at radius 3 is 2.47 bits per heavy atom. The van der Waals surface area contributed by atoms with E-state index < -0.39 is 70.7 Å². The maximum atomic E-state index is 13.8. The van der Waals surface area contributed by atoms with E-state index in [9.17, 15) is 36.2 Å². The largest absolute Gasteiger partial charge is 0.435 e. The summed E-state index contributed by atoms with van der Waals surface area (Å²) in [5, 5.41) is 15.7. The number of nitrogens with one attached hydrogen (secondary N) is 1. The first-order chi connectivity index (χ1) is 15.7. The number of nitrogens with zero attached hydrogens (tertiary/aromatic N) is 2. The van der Waals surface area contributed by atoms with Gasteiger partial charge in [0.25, 0.3) is 0 Å². The topological polar surface area (TPSA) is 76.4 Å². The summed E-state index contributed by atoms with van der Waals surface area (Å²) < 4.78 is 87.0. The Morgan fingerprint density at radius 1 is 1.24 bits per heavy atom. The third-order valence-corrected chi connectivity index (χ3v) is 6.40. The molecule has 4 rings (SSSR count). The number of carbonyl (C=O) groups excluding carboxylic acids is 1. The summed E-state index contributed by atoms with van der Waals surface area (Å²) in [6.07, 6.45) is -11.3. The molecule has 1 aromatic carbocycles. The van der Waals surface area contributed by atoms with E-state index in [0.717, 1.165) is 16.8 Å². The highest BCUT2D eigenvalue weighted by atomic mass is 35.5. The van der Waals surface area contributed by atoms with Gasteiger partial charge in [-0.3, -0.25) is 9.48 Å². The predicted octanol–water partition coefficient (Wildman–Crippen LogP) is 5.03. The van der Waals surface area contributed by atoms with Gasteiger partial charge in [0.2, 0.25) is 5.91 Å². The lowest BCUT2D eigenvalue weighted by molar-refractivity contribution is -0.143. The van der Waals surface area contributed by atoms with Gasteiger partial charge in [0.05, 0.1) is 34.8 Å². The van der Waals surface area contributed by atoms with E-state index >= 15 is 0 Å². The molecule has 3 heterocycles. The fraction of sp³-hybridized carbons (Fsp3) is 0.524. The van der Waals surface area contributed by atoms with E-state index in [1.807, 2.05) is 0 Å². The molecule has 6 nitrogen and oxygen atoms in total. The maximum Gasteiger partial charge on any atom is 0.435 e. The van der Waals surface area contributed by atoms with Crippen LogP contribution >= 0.6 is 11.6 Å². The van der Waals surface area contributed by atoms with Crippen LogP contribution in [0.15, 0.2) is 24.4 Å². The summed E-state index contributed by atoms with van der Waals surface area (Å²) in [7, 11) is 0.